The van der Waals surface area contributed by atoms with Gasteiger partial charge in [0.25, 0.3) is 5.91 Å². The van der Waals surface area contributed by atoms with Gasteiger partial charge in [-0.1, -0.05) is 51.8 Å². The molecule has 0 saturated heterocycles. The first-order valence-corrected chi connectivity index (χ1v) is 9.87. The van der Waals surface area contributed by atoms with E-state index < -0.39 is 0 Å². The minimum atomic E-state index is -0.378. The van der Waals surface area contributed by atoms with Crippen LogP contribution in [0.1, 0.15) is 21.5 Å². The highest BCUT2D eigenvalue weighted by Gasteiger charge is 2.12. The Balaban J connectivity index is 1.68. The third kappa shape index (κ3) is 5.82. The van der Waals surface area contributed by atoms with E-state index in [2.05, 4.69) is 26.5 Å². The Labute approximate surface area is 182 Å². The van der Waals surface area contributed by atoms with Gasteiger partial charge < -0.3 is 9.47 Å². The minimum absolute atomic E-state index is 0.368. The van der Waals surface area contributed by atoms with Crippen molar-refractivity contribution in [2.45, 2.75) is 6.61 Å². The lowest BCUT2D eigenvalue weighted by molar-refractivity contribution is 0.0952. The SMILES string of the molecule is COc1ccc(Br)cc1C(=O)N/N=C\c1ccccc1OCc1cccc(Cl)c1. The van der Waals surface area contributed by atoms with Crippen molar-refractivity contribution in [3.8, 4) is 11.5 Å². The standard InChI is InChI=1S/C22H18BrClN2O3/c1-28-21-10-9-17(23)12-19(21)22(27)26-25-13-16-6-2-3-8-20(16)29-14-15-5-4-7-18(24)11-15/h2-13H,14H2,1H3,(H,26,27)/b25-13-. The quantitative estimate of drug-likeness (QED) is 0.366. The van der Waals surface area contributed by atoms with Gasteiger partial charge in [0.2, 0.25) is 0 Å². The van der Waals surface area contributed by atoms with Gasteiger partial charge >= 0.3 is 0 Å². The van der Waals surface area contributed by atoms with Crippen LogP contribution in [0.4, 0.5) is 0 Å². The molecule has 1 amide bonds. The Hall–Kier alpha value is -2.83. The van der Waals surface area contributed by atoms with E-state index in [-0.39, 0.29) is 5.91 Å². The van der Waals surface area contributed by atoms with Crippen LogP contribution < -0.4 is 14.9 Å². The van der Waals surface area contributed by atoms with E-state index in [9.17, 15) is 4.79 Å². The van der Waals surface area contributed by atoms with Crippen LogP contribution in [0.3, 0.4) is 0 Å². The molecule has 0 aliphatic carbocycles. The molecule has 0 aliphatic rings. The average Bonchev–Trinajstić information content (AvgIpc) is 2.73. The minimum Gasteiger partial charge on any atom is -0.496 e. The summed E-state index contributed by atoms with van der Waals surface area (Å²) in [6, 6.07) is 20.1. The average molecular weight is 474 g/mol. The Bertz CT molecular complexity index is 1040. The predicted octanol–water partition coefficient (Wildman–Crippen LogP) is 5.45. The summed E-state index contributed by atoms with van der Waals surface area (Å²) in [6.07, 6.45) is 1.54. The number of carbonyl (C=O) groups excluding carboxylic acids is 1. The number of benzene rings is 3. The van der Waals surface area contributed by atoms with Crippen molar-refractivity contribution >= 4 is 39.7 Å². The van der Waals surface area contributed by atoms with Gasteiger partial charge in [-0.15, -0.1) is 0 Å². The molecule has 0 aliphatic heterocycles. The van der Waals surface area contributed by atoms with E-state index in [1.54, 1.807) is 18.2 Å². The zero-order valence-electron chi connectivity index (χ0n) is 15.6. The number of ether oxygens (including phenoxy) is 2. The molecular formula is C22H18BrClN2O3. The summed E-state index contributed by atoms with van der Waals surface area (Å²) in [5, 5.41) is 4.72. The van der Waals surface area contributed by atoms with E-state index >= 15 is 0 Å². The molecule has 0 spiro atoms. The van der Waals surface area contributed by atoms with Gasteiger partial charge in [-0.2, -0.15) is 5.10 Å². The van der Waals surface area contributed by atoms with Gasteiger partial charge in [0.05, 0.1) is 18.9 Å². The lowest BCUT2D eigenvalue weighted by Crippen LogP contribution is -2.18. The molecule has 3 aromatic rings. The first kappa shape index (κ1) is 20.9. The number of halogens is 2. The van der Waals surface area contributed by atoms with Crippen LogP contribution in [0, 0.1) is 0 Å². The van der Waals surface area contributed by atoms with Crippen molar-refractivity contribution < 1.29 is 14.3 Å². The number of para-hydroxylation sites is 1. The maximum atomic E-state index is 12.4. The highest BCUT2D eigenvalue weighted by molar-refractivity contribution is 9.10. The van der Waals surface area contributed by atoms with Crippen LogP contribution in [0.25, 0.3) is 0 Å². The van der Waals surface area contributed by atoms with Crippen LogP contribution in [0.2, 0.25) is 5.02 Å². The van der Waals surface area contributed by atoms with Gasteiger partial charge in [0, 0.05) is 15.1 Å². The fourth-order valence-electron chi connectivity index (χ4n) is 2.58. The maximum absolute atomic E-state index is 12.4. The summed E-state index contributed by atoms with van der Waals surface area (Å²) in [7, 11) is 1.51. The molecule has 1 N–H and O–H groups in total. The third-order valence-electron chi connectivity index (χ3n) is 3.98. The molecule has 0 saturated carbocycles. The molecule has 3 rings (SSSR count). The third-order valence-corrected chi connectivity index (χ3v) is 4.71. The van der Waals surface area contributed by atoms with Crippen molar-refractivity contribution in [2.24, 2.45) is 5.10 Å². The number of hydrazone groups is 1. The lowest BCUT2D eigenvalue weighted by atomic mass is 10.2. The van der Waals surface area contributed by atoms with E-state index in [4.69, 9.17) is 21.1 Å². The molecule has 0 aromatic heterocycles. The van der Waals surface area contributed by atoms with Crippen molar-refractivity contribution in [2.75, 3.05) is 7.11 Å². The van der Waals surface area contributed by atoms with Crippen LogP contribution in [-0.4, -0.2) is 19.2 Å². The van der Waals surface area contributed by atoms with Crippen LogP contribution >= 0.6 is 27.5 Å². The molecule has 0 unspecified atom stereocenters. The van der Waals surface area contributed by atoms with E-state index in [1.807, 2.05) is 48.5 Å². The molecule has 0 bridgehead atoms. The fraction of sp³-hybridized carbons (Fsp3) is 0.0909. The molecule has 148 valence electrons. The molecule has 5 nitrogen and oxygen atoms in total. The number of amides is 1. The summed E-state index contributed by atoms with van der Waals surface area (Å²) in [6.45, 7) is 0.368. The molecular weight excluding hydrogens is 456 g/mol. The summed E-state index contributed by atoms with van der Waals surface area (Å²) in [5.74, 6) is 0.730. The zero-order chi connectivity index (χ0) is 20.6. The highest BCUT2D eigenvalue weighted by atomic mass is 79.9. The van der Waals surface area contributed by atoms with E-state index in [1.165, 1.54) is 13.3 Å². The first-order chi connectivity index (χ1) is 14.1. The smallest absolute Gasteiger partial charge is 0.275 e. The Morgan fingerprint density at radius 2 is 1.93 bits per heavy atom. The van der Waals surface area contributed by atoms with Crippen LogP contribution in [-0.2, 0) is 6.61 Å². The second-order valence-corrected chi connectivity index (χ2v) is 7.35. The summed E-state index contributed by atoms with van der Waals surface area (Å²) in [5.41, 5.74) is 4.58. The number of methoxy groups -OCH3 is 1. The van der Waals surface area contributed by atoms with Crippen molar-refractivity contribution in [1.82, 2.24) is 5.43 Å². The molecule has 0 radical (unpaired) electrons. The van der Waals surface area contributed by atoms with Gasteiger partial charge in [-0.05, 0) is 48.0 Å². The van der Waals surface area contributed by atoms with Gasteiger partial charge in [0.1, 0.15) is 18.1 Å². The van der Waals surface area contributed by atoms with Crippen LogP contribution in [0.5, 0.6) is 11.5 Å². The number of nitrogens with zero attached hydrogens (tertiary/aromatic N) is 1. The molecule has 29 heavy (non-hydrogen) atoms. The molecule has 3 aromatic carbocycles. The monoisotopic (exact) mass is 472 g/mol. The second-order valence-electron chi connectivity index (χ2n) is 6.00. The first-order valence-electron chi connectivity index (χ1n) is 8.70. The summed E-state index contributed by atoms with van der Waals surface area (Å²) in [4.78, 5) is 12.4. The largest absolute Gasteiger partial charge is 0.496 e. The number of carbonyl (C=O) groups is 1. The number of hydrogen-bond acceptors (Lipinski definition) is 4. The normalized spacial score (nSPS) is 10.7. The van der Waals surface area contributed by atoms with Gasteiger partial charge in [0.15, 0.2) is 0 Å². The molecule has 0 atom stereocenters. The van der Waals surface area contributed by atoms with Crippen molar-refractivity contribution in [3.05, 3.63) is 92.9 Å². The predicted molar refractivity (Wildman–Crippen MR) is 118 cm³/mol. The molecule has 0 heterocycles. The highest BCUT2D eigenvalue weighted by Crippen LogP contribution is 2.23. The van der Waals surface area contributed by atoms with E-state index in [0.29, 0.717) is 28.7 Å². The van der Waals surface area contributed by atoms with Gasteiger partial charge in [-0.25, -0.2) is 5.43 Å². The Morgan fingerprint density at radius 1 is 1.10 bits per heavy atom. The van der Waals surface area contributed by atoms with E-state index in [0.717, 1.165) is 15.6 Å². The van der Waals surface area contributed by atoms with Crippen molar-refractivity contribution in [3.63, 3.8) is 0 Å². The Morgan fingerprint density at radius 3 is 2.72 bits per heavy atom. The zero-order valence-corrected chi connectivity index (χ0v) is 17.9. The Kier molecular flexibility index (Phi) is 7.27. The van der Waals surface area contributed by atoms with Crippen molar-refractivity contribution in [1.29, 1.82) is 0 Å². The lowest BCUT2D eigenvalue weighted by Gasteiger charge is -2.09. The second kappa shape index (κ2) is 10.1. The number of hydrogen-bond donors (Lipinski definition) is 1. The number of rotatable bonds is 7. The fourth-order valence-corrected chi connectivity index (χ4v) is 3.16. The van der Waals surface area contributed by atoms with Gasteiger partial charge in [-0.3, -0.25) is 4.79 Å². The maximum Gasteiger partial charge on any atom is 0.275 e. The topological polar surface area (TPSA) is 59.9 Å². The summed E-state index contributed by atoms with van der Waals surface area (Å²) >= 11 is 9.36. The molecule has 7 heteroatoms. The van der Waals surface area contributed by atoms with Crippen LogP contribution in [0.15, 0.2) is 76.3 Å². The molecule has 0 fully saturated rings. The number of nitrogens with one attached hydrogen (secondary N) is 1. The summed E-state index contributed by atoms with van der Waals surface area (Å²) < 4.78 is 11.9.